The molecule has 146 valence electrons. The van der Waals surface area contributed by atoms with Crippen LogP contribution in [0.2, 0.25) is 0 Å². The lowest BCUT2D eigenvalue weighted by atomic mass is 9.95. The summed E-state index contributed by atoms with van der Waals surface area (Å²) in [4.78, 5) is 37.5. The average Bonchev–Trinajstić information content (AvgIpc) is 3.09. The van der Waals surface area contributed by atoms with Gasteiger partial charge in [0.1, 0.15) is 0 Å². The number of amides is 2. The van der Waals surface area contributed by atoms with Crippen molar-refractivity contribution in [2.24, 2.45) is 0 Å². The minimum Gasteiger partial charge on any atom is -0.330 e. The van der Waals surface area contributed by atoms with Gasteiger partial charge in [0, 0.05) is 20.6 Å². The maximum atomic E-state index is 11.0. The highest BCUT2D eigenvalue weighted by Gasteiger charge is 2.32. The molecule has 5 heteroatoms. The monoisotopic (exact) mass is 388 g/mol. The molecule has 5 rings (SSSR count). The summed E-state index contributed by atoms with van der Waals surface area (Å²) in [7, 11) is 0. The molecule has 4 aromatic rings. The van der Waals surface area contributed by atoms with E-state index in [4.69, 9.17) is 1.37 Å². The molecule has 0 atom stereocenters. The second-order valence-electron chi connectivity index (χ2n) is 6.94. The van der Waals surface area contributed by atoms with Crippen LogP contribution in [0.1, 0.15) is 34.0 Å². The second kappa shape index (κ2) is 7.87. The zero-order valence-corrected chi connectivity index (χ0v) is 15.9. The summed E-state index contributed by atoms with van der Waals surface area (Å²) in [5.74, 6) is -1.59. The van der Waals surface area contributed by atoms with Crippen molar-refractivity contribution in [3.63, 3.8) is 0 Å². The van der Waals surface area contributed by atoms with E-state index in [1.54, 1.807) is 0 Å². The molecule has 1 saturated heterocycles. The molecule has 0 aliphatic carbocycles. The Morgan fingerprint density at radius 3 is 1.72 bits per heavy atom. The molecule has 1 aliphatic rings. The van der Waals surface area contributed by atoms with Gasteiger partial charge in [-0.05, 0) is 38.7 Å². The van der Waals surface area contributed by atoms with Gasteiger partial charge in [0.2, 0.25) is 0 Å². The first kappa shape index (κ1) is 17.6. The van der Waals surface area contributed by atoms with E-state index < -0.39 is 17.8 Å². The smallest absolute Gasteiger partial charge is 0.330 e. The molecule has 0 unspecified atom stereocenters. The fourth-order valence-corrected chi connectivity index (χ4v) is 3.62. The molecule has 5 nitrogen and oxygen atoms in total. The lowest BCUT2D eigenvalue weighted by Crippen LogP contribution is -2.31. The fourth-order valence-electron chi connectivity index (χ4n) is 3.62. The number of carbonyl (C=O) groups is 3. The number of imide groups is 1. The number of hydrogen-bond acceptors (Lipinski definition) is 4. The normalized spacial score (nSPS) is 14.3. The van der Waals surface area contributed by atoms with E-state index in [1.807, 2.05) is 0 Å². The van der Waals surface area contributed by atoms with Crippen LogP contribution in [0.15, 0.2) is 60.7 Å². The summed E-state index contributed by atoms with van der Waals surface area (Å²) < 4.78 is 6.80. The van der Waals surface area contributed by atoms with Crippen LogP contribution in [0.4, 0.5) is 0 Å². The molecule has 0 N–H and O–H groups in total. The van der Waals surface area contributed by atoms with Crippen LogP contribution >= 0.6 is 0 Å². The van der Waals surface area contributed by atoms with E-state index in [1.165, 1.54) is 32.3 Å². The lowest BCUT2D eigenvalue weighted by Gasteiger charge is -2.11. The van der Waals surface area contributed by atoms with E-state index in [9.17, 15) is 14.4 Å². The first-order valence-corrected chi connectivity index (χ1v) is 9.57. The Balaban J connectivity index is 0.000000147. The highest BCUT2D eigenvalue weighted by atomic mass is 16.7. The molecule has 1 heterocycles. The first-order valence-electron chi connectivity index (χ1n) is 10.3. The molecule has 1 fully saturated rings. The Kier molecular flexibility index (Phi) is 4.78. The van der Waals surface area contributed by atoms with Crippen LogP contribution < -0.4 is 0 Å². The van der Waals surface area contributed by atoms with E-state index in [-0.39, 0.29) is 26.2 Å². The lowest BCUT2D eigenvalue weighted by molar-refractivity contribution is -0.197. The van der Waals surface area contributed by atoms with Crippen LogP contribution in [0, 0.1) is 0 Å². The van der Waals surface area contributed by atoms with Crippen LogP contribution in [0.5, 0.6) is 0 Å². The Morgan fingerprint density at radius 2 is 1.31 bits per heavy atom. The third-order valence-corrected chi connectivity index (χ3v) is 4.97. The summed E-state index contributed by atoms with van der Waals surface area (Å²) in [5, 5.41) is 8.66. The molecule has 4 aromatic carbocycles. The molecular weight excluding hydrogens is 366 g/mol. The Labute approximate surface area is 169 Å². The number of carbonyl (C=O) groups excluding carboxylic acids is 3. The van der Waals surface area contributed by atoms with Crippen molar-refractivity contribution in [3.05, 3.63) is 60.7 Å². The Hall–Kier alpha value is -3.47. The van der Waals surface area contributed by atoms with Gasteiger partial charge in [-0.25, -0.2) is 4.79 Å². The SMILES string of the molecule is [2H]CCCC(=O)ON1C(=O)CCC1=O.c1cc2ccc3cccc4ccc(c1)c2c34. The minimum absolute atomic E-state index is 0.0561. The van der Waals surface area contributed by atoms with Crippen molar-refractivity contribution in [2.45, 2.75) is 32.6 Å². The van der Waals surface area contributed by atoms with Crippen molar-refractivity contribution in [3.8, 4) is 0 Å². The maximum absolute atomic E-state index is 11.0. The van der Waals surface area contributed by atoms with Crippen LogP contribution in [-0.4, -0.2) is 22.8 Å². The molecule has 0 radical (unpaired) electrons. The standard InChI is InChI=1S/C16H10.C8H11NO4/c1-3-11-7-9-13-5-2-6-14-10-8-12(4-1)15(11)16(13)14;1-2-3-8(12)13-9-6(10)4-5-7(9)11/h1-10H;2-5H2,1H3/i;1D. The average molecular weight is 388 g/mol. The molecule has 0 bridgehead atoms. The number of nitrogens with zero attached hydrogens (tertiary/aromatic N) is 1. The zero-order chi connectivity index (χ0) is 21.1. The Bertz CT molecular complexity index is 1090. The van der Waals surface area contributed by atoms with Crippen LogP contribution in [0.25, 0.3) is 32.3 Å². The highest BCUT2D eigenvalue weighted by Crippen LogP contribution is 2.33. The second-order valence-corrected chi connectivity index (χ2v) is 6.94. The number of rotatable bonds is 3. The van der Waals surface area contributed by atoms with Gasteiger partial charge < -0.3 is 4.84 Å². The van der Waals surface area contributed by atoms with Gasteiger partial charge in [0.05, 0.1) is 0 Å². The van der Waals surface area contributed by atoms with Gasteiger partial charge >= 0.3 is 5.97 Å². The van der Waals surface area contributed by atoms with Gasteiger partial charge in [-0.2, -0.15) is 0 Å². The minimum atomic E-state index is -0.638. The number of hydrogen-bond donors (Lipinski definition) is 0. The van der Waals surface area contributed by atoms with E-state index in [0.717, 1.165) is 0 Å². The molecule has 0 saturated carbocycles. The van der Waals surface area contributed by atoms with Crippen molar-refractivity contribution < 1.29 is 20.6 Å². The van der Waals surface area contributed by atoms with Gasteiger partial charge in [-0.1, -0.05) is 67.6 Å². The quantitative estimate of drug-likeness (QED) is 0.367. The topological polar surface area (TPSA) is 63.7 Å². The van der Waals surface area contributed by atoms with Crippen molar-refractivity contribution in [1.29, 1.82) is 0 Å². The van der Waals surface area contributed by atoms with E-state index in [2.05, 4.69) is 65.5 Å². The van der Waals surface area contributed by atoms with Crippen LogP contribution in [0.3, 0.4) is 0 Å². The zero-order valence-electron chi connectivity index (χ0n) is 16.9. The molecule has 0 aromatic heterocycles. The fraction of sp³-hybridized carbons (Fsp3) is 0.208. The Morgan fingerprint density at radius 1 is 0.862 bits per heavy atom. The van der Waals surface area contributed by atoms with Crippen molar-refractivity contribution in [1.82, 2.24) is 5.06 Å². The predicted molar refractivity (Wildman–Crippen MR) is 112 cm³/mol. The summed E-state index contributed by atoms with van der Waals surface area (Å²) in [5.41, 5.74) is 0. The predicted octanol–water partition coefficient (Wildman–Crippen LogP) is 4.98. The highest BCUT2D eigenvalue weighted by molar-refractivity contribution is 6.22. The third kappa shape index (κ3) is 3.63. The third-order valence-electron chi connectivity index (χ3n) is 4.97. The van der Waals surface area contributed by atoms with Crippen molar-refractivity contribution >= 4 is 50.1 Å². The maximum Gasteiger partial charge on any atom is 0.333 e. The van der Waals surface area contributed by atoms with E-state index >= 15 is 0 Å². The number of benzene rings is 4. The molecular formula is C24H21NO4. The summed E-state index contributed by atoms with van der Waals surface area (Å²) in [6.45, 7) is 0.122. The van der Waals surface area contributed by atoms with E-state index in [0.29, 0.717) is 11.5 Å². The largest absolute Gasteiger partial charge is 0.333 e. The molecule has 1 aliphatic heterocycles. The molecule has 29 heavy (non-hydrogen) atoms. The summed E-state index contributed by atoms with van der Waals surface area (Å²) in [6, 6.07) is 21.9. The molecule has 0 spiro atoms. The first-order chi connectivity index (χ1) is 14.6. The summed E-state index contributed by atoms with van der Waals surface area (Å²) in [6.07, 6.45) is 0.630. The van der Waals surface area contributed by atoms with Crippen molar-refractivity contribution in [2.75, 3.05) is 0 Å². The summed E-state index contributed by atoms with van der Waals surface area (Å²) >= 11 is 0. The van der Waals surface area contributed by atoms with Gasteiger partial charge in [-0.15, -0.1) is 5.06 Å². The number of hydroxylamine groups is 2. The van der Waals surface area contributed by atoms with Gasteiger partial charge in [0.25, 0.3) is 11.8 Å². The van der Waals surface area contributed by atoms with Gasteiger partial charge in [0.15, 0.2) is 0 Å². The van der Waals surface area contributed by atoms with Crippen LogP contribution in [-0.2, 0) is 19.2 Å². The van der Waals surface area contributed by atoms with Gasteiger partial charge in [-0.3, -0.25) is 9.59 Å². The molecule has 2 amide bonds.